The van der Waals surface area contributed by atoms with Crippen molar-refractivity contribution in [2.24, 2.45) is 27.2 Å². The molecule has 0 aromatic heterocycles. The molecule has 2 rings (SSSR count). The molecule has 2 heterocycles. The monoisotopic (exact) mass is 414 g/mol. The molecule has 17 heteroatoms. The third-order valence-corrected chi connectivity index (χ3v) is 4.47. The van der Waals surface area contributed by atoms with Gasteiger partial charge in [0.15, 0.2) is 11.9 Å². The van der Waals surface area contributed by atoms with Gasteiger partial charge in [-0.25, -0.2) is 14.5 Å². The lowest BCUT2D eigenvalue weighted by atomic mass is 9.91. The fourth-order valence-electron chi connectivity index (χ4n) is 2.87. The van der Waals surface area contributed by atoms with Crippen LogP contribution in [0.1, 0.15) is 0 Å². The van der Waals surface area contributed by atoms with E-state index in [1.165, 1.54) is 0 Å². The molecular formula is C10H20N7O9S+. The molecule has 3 atom stereocenters. The molecule has 0 radical (unpaired) electrons. The smallest absolute Gasteiger partial charge is 0.417 e. The SMILES string of the molecule is NC(N)=N[C@@H]1C2N(CC(O)(O)C2(O)O)C(N)=N[C@H]1COC(=O)[NH2+]S(=O)(=O)O. The van der Waals surface area contributed by atoms with Gasteiger partial charge in [-0.2, -0.15) is 4.79 Å². The molecule has 0 saturated carbocycles. The van der Waals surface area contributed by atoms with E-state index in [0.29, 0.717) is 0 Å². The lowest BCUT2D eigenvalue weighted by molar-refractivity contribution is -0.416. The van der Waals surface area contributed by atoms with Gasteiger partial charge < -0.3 is 47.3 Å². The molecule has 2 aliphatic rings. The second-order valence-electron chi connectivity index (χ2n) is 5.98. The summed E-state index contributed by atoms with van der Waals surface area (Å²) in [4.78, 5) is 20.0. The number of quaternary nitrogens is 1. The van der Waals surface area contributed by atoms with Crippen LogP contribution in [0.15, 0.2) is 9.98 Å². The number of aliphatic imine (C=N–C) groups is 2. The summed E-state index contributed by atoms with van der Waals surface area (Å²) in [5.41, 5.74) is 16.3. The van der Waals surface area contributed by atoms with E-state index in [4.69, 9.17) is 21.8 Å². The number of nitrogens with zero attached hydrogens (tertiary/aromatic N) is 3. The quantitative estimate of drug-likeness (QED) is 0.0895. The summed E-state index contributed by atoms with van der Waals surface area (Å²) in [6.07, 6.45) is -1.44. The van der Waals surface area contributed by atoms with Crippen LogP contribution in [0.4, 0.5) is 4.79 Å². The molecule has 0 aromatic rings. The fourth-order valence-corrected chi connectivity index (χ4v) is 3.18. The maximum absolute atomic E-state index is 11.4. The van der Waals surface area contributed by atoms with Crippen molar-refractivity contribution in [1.82, 2.24) is 4.90 Å². The van der Waals surface area contributed by atoms with Crippen molar-refractivity contribution in [3.63, 3.8) is 0 Å². The molecule has 27 heavy (non-hydrogen) atoms. The summed E-state index contributed by atoms with van der Waals surface area (Å²) in [7, 11) is -4.75. The summed E-state index contributed by atoms with van der Waals surface area (Å²) in [6.45, 7) is -1.42. The predicted molar refractivity (Wildman–Crippen MR) is 84.7 cm³/mol. The van der Waals surface area contributed by atoms with Crippen LogP contribution < -0.4 is 21.9 Å². The molecule has 1 amide bonds. The molecule has 0 aliphatic carbocycles. The summed E-state index contributed by atoms with van der Waals surface area (Å²) < 4.78 is 34.4. The van der Waals surface area contributed by atoms with Crippen molar-refractivity contribution in [2.45, 2.75) is 29.7 Å². The van der Waals surface area contributed by atoms with Crippen LogP contribution in [-0.2, 0) is 15.0 Å². The Morgan fingerprint density at radius 2 is 1.96 bits per heavy atom. The van der Waals surface area contributed by atoms with Crippen molar-refractivity contribution in [3.05, 3.63) is 0 Å². The topological polar surface area (TPSA) is 284 Å². The highest BCUT2D eigenvalue weighted by Gasteiger charge is 2.67. The van der Waals surface area contributed by atoms with Crippen molar-refractivity contribution in [2.75, 3.05) is 13.2 Å². The van der Waals surface area contributed by atoms with Gasteiger partial charge in [0.05, 0.1) is 6.54 Å². The van der Waals surface area contributed by atoms with Gasteiger partial charge in [0.1, 0.15) is 24.7 Å². The van der Waals surface area contributed by atoms with Crippen molar-refractivity contribution in [3.8, 4) is 0 Å². The van der Waals surface area contributed by atoms with Gasteiger partial charge in [-0.1, -0.05) is 0 Å². The molecule has 2 aliphatic heterocycles. The van der Waals surface area contributed by atoms with E-state index in [1.54, 1.807) is 0 Å². The molecular weight excluding hydrogens is 394 g/mol. The zero-order chi connectivity index (χ0) is 20.8. The number of rotatable bonds is 4. The van der Waals surface area contributed by atoms with Crippen LogP contribution in [0, 0.1) is 0 Å². The van der Waals surface area contributed by atoms with Gasteiger partial charge in [-0.15, -0.1) is 13.1 Å². The number of hydrogen-bond acceptors (Lipinski definition) is 12. The van der Waals surface area contributed by atoms with E-state index in [2.05, 4.69) is 14.7 Å². The lowest BCUT2D eigenvalue weighted by Crippen LogP contribution is -2.90. The van der Waals surface area contributed by atoms with Gasteiger partial charge in [0.25, 0.3) is 0 Å². The number of carbonyl (C=O) groups is 1. The number of primary amides is 1. The van der Waals surface area contributed by atoms with Crippen molar-refractivity contribution >= 4 is 28.3 Å². The average molecular weight is 414 g/mol. The standard InChI is InChI=1S/C10H19N7O9S/c11-6(12)15-4-3(1-26-8(18)16-27(23,24)25)14-7(13)17-2-9(19,20)10(21,22)5(4)17/h3-5,19-22H,1-2H2,(H2,13,14)(H,16,18)(H4,11,12,15)(H,23,24,25)/p+1/t3-,4-,5?/m0/s1. The van der Waals surface area contributed by atoms with Gasteiger partial charge >= 0.3 is 16.4 Å². The van der Waals surface area contributed by atoms with Crippen LogP contribution in [-0.4, -0.2) is 99.2 Å². The zero-order valence-corrected chi connectivity index (χ0v) is 14.4. The number of amides is 1. The second-order valence-corrected chi connectivity index (χ2v) is 7.24. The number of nitrogens with two attached hydrogens (primary N) is 4. The Bertz CT molecular complexity index is 776. The number of hydrogen-bond donors (Lipinski definition) is 9. The van der Waals surface area contributed by atoms with E-state index in [9.17, 15) is 33.6 Å². The highest BCUT2D eigenvalue weighted by atomic mass is 32.2. The third kappa shape index (κ3) is 4.18. The Kier molecular flexibility index (Phi) is 5.22. The minimum absolute atomic E-state index is 0.102. The first-order valence-corrected chi connectivity index (χ1v) is 8.73. The maximum Gasteiger partial charge on any atom is 0.530 e. The van der Waals surface area contributed by atoms with E-state index in [0.717, 1.165) is 4.90 Å². The molecule has 0 aromatic carbocycles. The van der Waals surface area contributed by atoms with Gasteiger partial charge in [0.2, 0.25) is 11.6 Å². The van der Waals surface area contributed by atoms with Crippen LogP contribution >= 0.6 is 0 Å². The second kappa shape index (κ2) is 6.71. The number of carbonyl (C=O) groups excluding carboxylic acids is 1. The first-order chi connectivity index (χ1) is 12.2. The van der Waals surface area contributed by atoms with Crippen LogP contribution in [0.25, 0.3) is 0 Å². The highest BCUT2D eigenvalue weighted by Crippen LogP contribution is 2.39. The minimum Gasteiger partial charge on any atom is -0.417 e. The van der Waals surface area contributed by atoms with E-state index < -0.39 is 65.2 Å². The Morgan fingerprint density at radius 1 is 1.37 bits per heavy atom. The minimum atomic E-state index is -4.75. The molecule has 0 spiro atoms. The van der Waals surface area contributed by atoms with Crippen LogP contribution in [0.3, 0.4) is 0 Å². The number of ether oxygens (including phenoxy) is 1. The zero-order valence-electron chi connectivity index (χ0n) is 13.6. The molecule has 154 valence electrons. The Hall–Kier alpha value is -2.28. The number of aliphatic hydroxyl groups is 4. The molecule has 13 N–H and O–H groups in total. The number of guanidine groups is 2. The highest BCUT2D eigenvalue weighted by molar-refractivity contribution is 7.79. The molecule has 16 nitrogen and oxygen atoms in total. The maximum atomic E-state index is 11.4. The van der Waals surface area contributed by atoms with Gasteiger partial charge in [0, 0.05) is 0 Å². The van der Waals surface area contributed by atoms with Crippen molar-refractivity contribution < 1.29 is 47.7 Å². The van der Waals surface area contributed by atoms with Gasteiger partial charge in [-0.05, 0) is 0 Å². The predicted octanol–water partition coefficient (Wildman–Crippen LogP) is -7.13. The third-order valence-electron chi connectivity index (χ3n) is 3.98. The fraction of sp³-hybridized carbons (Fsp3) is 0.700. The van der Waals surface area contributed by atoms with E-state index in [1.807, 2.05) is 0 Å². The number of fused-ring (bicyclic) bond motifs is 1. The normalized spacial score (nSPS) is 28.9. The summed E-state index contributed by atoms with van der Waals surface area (Å²) >= 11 is 0. The van der Waals surface area contributed by atoms with Crippen molar-refractivity contribution in [1.29, 1.82) is 0 Å². The Labute approximate surface area is 151 Å². The Balaban J connectivity index is 2.32. The molecule has 1 saturated heterocycles. The summed E-state index contributed by atoms with van der Waals surface area (Å²) in [5, 5.41) is 40.1. The molecule has 1 unspecified atom stereocenters. The van der Waals surface area contributed by atoms with E-state index >= 15 is 0 Å². The van der Waals surface area contributed by atoms with Gasteiger partial charge in [-0.3, -0.25) is 0 Å². The average Bonchev–Trinajstić information content (AvgIpc) is 2.64. The summed E-state index contributed by atoms with van der Waals surface area (Å²) in [5.74, 6) is -7.06. The lowest BCUT2D eigenvalue weighted by Gasteiger charge is -2.41. The first-order valence-electron chi connectivity index (χ1n) is 7.23. The van der Waals surface area contributed by atoms with E-state index in [-0.39, 0.29) is 10.7 Å². The molecule has 0 bridgehead atoms. The summed E-state index contributed by atoms with van der Waals surface area (Å²) in [6, 6.07) is -4.22. The van der Waals surface area contributed by atoms with Crippen LogP contribution in [0.2, 0.25) is 0 Å². The Morgan fingerprint density at radius 3 is 2.48 bits per heavy atom. The largest absolute Gasteiger partial charge is 0.530 e. The van der Waals surface area contributed by atoms with Crippen LogP contribution in [0.5, 0.6) is 0 Å². The molecule has 1 fully saturated rings. The first kappa shape index (κ1) is 21.0.